The number of pyridine rings is 1. The third kappa shape index (κ3) is 3.01. The molecule has 2 aromatic carbocycles. The number of hydrogen-bond donors (Lipinski definition) is 1. The Kier molecular flexibility index (Phi) is 4.33. The molecule has 24 heavy (non-hydrogen) atoms. The lowest BCUT2D eigenvalue weighted by Crippen LogP contribution is -2.29. The zero-order chi connectivity index (χ0) is 17.1. The van der Waals surface area contributed by atoms with Crippen LogP contribution in [0, 0.1) is 0 Å². The van der Waals surface area contributed by atoms with Crippen molar-refractivity contribution in [3.8, 4) is 5.75 Å². The second-order valence-electron chi connectivity index (χ2n) is 5.57. The van der Waals surface area contributed by atoms with Crippen LogP contribution in [0.4, 0.5) is 0 Å². The lowest BCUT2D eigenvalue weighted by Gasteiger charge is -2.18. The zero-order valence-corrected chi connectivity index (χ0v) is 13.6. The van der Waals surface area contributed by atoms with Gasteiger partial charge in [0, 0.05) is 18.1 Å². The van der Waals surface area contributed by atoms with Crippen molar-refractivity contribution in [3.63, 3.8) is 0 Å². The summed E-state index contributed by atoms with van der Waals surface area (Å²) in [6.45, 7) is 0.219. The van der Waals surface area contributed by atoms with Gasteiger partial charge in [-0.15, -0.1) is 0 Å². The average Bonchev–Trinajstić information content (AvgIpc) is 2.61. The van der Waals surface area contributed by atoms with Gasteiger partial charge in [-0.3, -0.25) is 9.59 Å². The van der Waals surface area contributed by atoms with Gasteiger partial charge in [0.25, 0.3) is 11.5 Å². The Morgan fingerprint density at radius 2 is 1.83 bits per heavy atom. The SMILES string of the molecule is COc1ccccc1C(=O)N(C)Cc1cc2ccccc2[nH]c1=O. The quantitative estimate of drug-likeness (QED) is 0.803. The van der Waals surface area contributed by atoms with Crippen molar-refractivity contribution in [2.75, 3.05) is 14.2 Å². The molecule has 0 radical (unpaired) electrons. The number of H-pyrrole nitrogens is 1. The molecular formula is C19H18N2O3. The number of hydrogen-bond acceptors (Lipinski definition) is 3. The first-order valence-electron chi connectivity index (χ1n) is 7.59. The Morgan fingerprint density at radius 3 is 2.62 bits per heavy atom. The molecular weight excluding hydrogens is 304 g/mol. The molecule has 0 aliphatic heterocycles. The van der Waals surface area contributed by atoms with Gasteiger partial charge < -0.3 is 14.6 Å². The number of methoxy groups -OCH3 is 1. The van der Waals surface area contributed by atoms with E-state index in [2.05, 4.69) is 4.98 Å². The Labute approximate surface area is 139 Å². The molecule has 1 aromatic heterocycles. The van der Waals surface area contributed by atoms with Crippen LogP contribution >= 0.6 is 0 Å². The van der Waals surface area contributed by atoms with Gasteiger partial charge in [-0.2, -0.15) is 0 Å². The number of nitrogens with one attached hydrogen (secondary N) is 1. The zero-order valence-electron chi connectivity index (χ0n) is 13.6. The number of carbonyl (C=O) groups excluding carboxylic acids is 1. The molecule has 5 heteroatoms. The molecule has 5 nitrogen and oxygen atoms in total. The predicted molar refractivity (Wildman–Crippen MR) is 93.4 cm³/mol. The Morgan fingerprint density at radius 1 is 1.12 bits per heavy atom. The molecule has 0 bridgehead atoms. The van der Waals surface area contributed by atoms with E-state index in [-0.39, 0.29) is 18.0 Å². The summed E-state index contributed by atoms with van der Waals surface area (Å²) in [5.74, 6) is 0.321. The molecule has 0 saturated carbocycles. The largest absolute Gasteiger partial charge is 0.496 e. The number of carbonyl (C=O) groups is 1. The molecule has 0 spiro atoms. The molecule has 0 atom stereocenters. The topological polar surface area (TPSA) is 62.4 Å². The lowest BCUT2D eigenvalue weighted by atomic mass is 10.1. The summed E-state index contributed by atoms with van der Waals surface area (Å²) in [7, 11) is 3.20. The molecule has 1 amide bonds. The second-order valence-corrected chi connectivity index (χ2v) is 5.57. The van der Waals surface area contributed by atoms with Crippen LogP contribution in [0.5, 0.6) is 5.75 Å². The van der Waals surface area contributed by atoms with Crippen molar-refractivity contribution in [2.45, 2.75) is 6.54 Å². The van der Waals surface area contributed by atoms with Crippen LogP contribution in [-0.2, 0) is 6.54 Å². The summed E-state index contributed by atoms with van der Waals surface area (Å²) in [5.41, 5.74) is 1.61. The summed E-state index contributed by atoms with van der Waals surface area (Å²) in [6, 6.07) is 16.4. The van der Waals surface area contributed by atoms with Crippen LogP contribution < -0.4 is 10.3 Å². The fourth-order valence-electron chi connectivity index (χ4n) is 2.66. The first-order chi connectivity index (χ1) is 11.6. The van der Waals surface area contributed by atoms with Crippen LogP contribution in [0.25, 0.3) is 10.9 Å². The van der Waals surface area contributed by atoms with E-state index in [1.165, 1.54) is 12.0 Å². The number of benzene rings is 2. The summed E-state index contributed by atoms with van der Waals surface area (Å²) in [5, 5.41) is 0.935. The number of para-hydroxylation sites is 2. The van der Waals surface area contributed by atoms with Crippen molar-refractivity contribution in [1.29, 1.82) is 0 Å². The van der Waals surface area contributed by atoms with Crippen LogP contribution in [0.2, 0.25) is 0 Å². The summed E-state index contributed by atoms with van der Waals surface area (Å²) < 4.78 is 5.23. The van der Waals surface area contributed by atoms with Crippen molar-refractivity contribution >= 4 is 16.8 Å². The number of amides is 1. The average molecular weight is 322 g/mol. The van der Waals surface area contributed by atoms with E-state index in [9.17, 15) is 9.59 Å². The van der Waals surface area contributed by atoms with Gasteiger partial charge in [-0.25, -0.2) is 0 Å². The molecule has 1 N–H and O–H groups in total. The first-order valence-corrected chi connectivity index (χ1v) is 7.59. The number of nitrogens with zero attached hydrogens (tertiary/aromatic N) is 1. The highest BCUT2D eigenvalue weighted by molar-refractivity contribution is 5.96. The minimum atomic E-state index is -0.194. The van der Waals surface area contributed by atoms with E-state index < -0.39 is 0 Å². The van der Waals surface area contributed by atoms with Crippen LogP contribution in [-0.4, -0.2) is 29.9 Å². The number of ether oxygens (including phenoxy) is 1. The highest BCUT2D eigenvalue weighted by Gasteiger charge is 2.17. The van der Waals surface area contributed by atoms with Crippen LogP contribution in [0.15, 0.2) is 59.4 Å². The van der Waals surface area contributed by atoms with E-state index in [4.69, 9.17) is 4.74 Å². The van der Waals surface area contributed by atoms with E-state index in [1.807, 2.05) is 36.4 Å². The highest BCUT2D eigenvalue weighted by atomic mass is 16.5. The molecule has 3 rings (SSSR count). The van der Waals surface area contributed by atoms with E-state index in [0.717, 1.165) is 10.9 Å². The minimum absolute atomic E-state index is 0.187. The first kappa shape index (κ1) is 15.8. The van der Waals surface area contributed by atoms with Crippen LogP contribution in [0.3, 0.4) is 0 Å². The molecule has 0 unspecified atom stereocenters. The number of fused-ring (bicyclic) bond motifs is 1. The fourth-order valence-corrected chi connectivity index (χ4v) is 2.66. The van der Waals surface area contributed by atoms with Crippen molar-refractivity contribution < 1.29 is 9.53 Å². The lowest BCUT2D eigenvalue weighted by molar-refractivity contribution is 0.0781. The highest BCUT2D eigenvalue weighted by Crippen LogP contribution is 2.19. The van der Waals surface area contributed by atoms with Gasteiger partial charge in [-0.1, -0.05) is 30.3 Å². The maximum Gasteiger partial charge on any atom is 0.257 e. The molecule has 3 aromatic rings. The van der Waals surface area contributed by atoms with Gasteiger partial charge in [0.1, 0.15) is 5.75 Å². The van der Waals surface area contributed by atoms with Gasteiger partial charge in [0.15, 0.2) is 0 Å². The standard InChI is InChI=1S/C19H18N2O3/c1-21(19(23)15-8-4-6-10-17(15)24-2)12-14-11-13-7-3-5-9-16(13)20-18(14)22/h3-11H,12H2,1-2H3,(H,20,22). The maximum atomic E-state index is 12.6. The van der Waals surface area contributed by atoms with E-state index in [0.29, 0.717) is 16.9 Å². The molecule has 1 heterocycles. The smallest absolute Gasteiger partial charge is 0.257 e. The van der Waals surface area contributed by atoms with E-state index in [1.54, 1.807) is 25.2 Å². The monoisotopic (exact) mass is 322 g/mol. The van der Waals surface area contributed by atoms with Crippen LogP contribution in [0.1, 0.15) is 15.9 Å². The number of rotatable bonds is 4. The molecule has 0 saturated heterocycles. The molecule has 122 valence electrons. The third-order valence-corrected chi connectivity index (χ3v) is 3.92. The summed E-state index contributed by atoms with van der Waals surface area (Å²) in [4.78, 5) is 29.2. The van der Waals surface area contributed by atoms with E-state index >= 15 is 0 Å². The van der Waals surface area contributed by atoms with Gasteiger partial charge in [0.05, 0.1) is 19.2 Å². The van der Waals surface area contributed by atoms with Crippen molar-refractivity contribution in [3.05, 3.63) is 76.1 Å². The minimum Gasteiger partial charge on any atom is -0.496 e. The normalized spacial score (nSPS) is 10.6. The Bertz CT molecular complexity index is 946. The van der Waals surface area contributed by atoms with Gasteiger partial charge >= 0.3 is 0 Å². The third-order valence-electron chi connectivity index (χ3n) is 3.92. The Hall–Kier alpha value is -3.08. The van der Waals surface area contributed by atoms with Crippen molar-refractivity contribution in [2.24, 2.45) is 0 Å². The number of aromatic nitrogens is 1. The molecule has 0 fully saturated rings. The predicted octanol–water partition coefficient (Wildman–Crippen LogP) is 2.81. The second kappa shape index (κ2) is 6.58. The van der Waals surface area contributed by atoms with Gasteiger partial charge in [0.2, 0.25) is 0 Å². The summed E-state index contributed by atoms with van der Waals surface area (Å²) >= 11 is 0. The maximum absolute atomic E-state index is 12.6. The van der Waals surface area contributed by atoms with Crippen molar-refractivity contribution in [1.82, 2.24) is 9.88 Å². The van der Waals surface area contributed by atoms with Gasteiger partial charge in [-0.05, 0) is 29.7 Å². The number of aromatic amines is 1. The summed E-state index contributed by atoms with van der Waals surface area (Å²) in [6.07, 6.45) is 0. The molecule has 0 aliphatic rings. The Balaban J connectivity index is 1.89. The fraction of sp³-hybridized carbons (Fsp3) is 0.158. The molecule has 0 aliphatic carbocycles.